The first-order valence-electron chi connectivity index (χ1n) is 5.95. The second-order valence-electron chi connectivity index (χ2n) is 5.40. The molecule has 1 aromatic rings. The summed E-state index contributed by atoms with van der Waals surface area (Å²) in [5.41, 5.74) is -1.29. The first-order chi connectivity index (χ1) is 7.83. The van der Waals surface area contributed by atoms with Crippen molar-refractivity contribution in [1.82, 2.24) is 4.90 Å². The normalized spacial score (nSPS) is 27.2. The van der Waals surface area contributed by atoms with Gasteiger partial charge in [0.25, 0.3) is 5.91 Å². The Morgan fingerprint density at radius 1 is 1.18 bits per heavy atom. The fourth-order valence-corrected chi connectivity index (χ4v) is 2.85. The van der Waals surface area contributed by atoms with Crippen LogP contribution in [0.1, 0.15) is 33.3 Å². The third-order valence-corrected chi connectivity index (χ3v) is 3.72. The monoisotopic (exact) mass is 233 g/mol. The third-order valence-electron chi connectivity index (χ3n) is 3.72. The minimum absolute atomic E-state index is 0.0986. The van der Waals surface area contributed by atoms with Crippen molar-refractivity contribution in [2.24, 2.45) is 0 Å². The predicted octanol–water partition coefficient (Wildman–Crippen LogP) is 1.90. The van der Waals surface area contributed by atoms with Crippen molar-refractivity contribution in [2.75, 3.05) is 0 Å². The van der Waals surface area contributed by atoms with E-state index in [0.717, 1.165) is 0 Å². The summed E-state index contributed by atoms with van der Waals surface area (Å²) in [6, 6.07) is 9.27. The van der Waals surface area contributed by atoms with Gasteiger partial charge in [0.2, 0.25) is 0 Å². The van der Waals surface area contributed by atoms with E-state index in [1.807, 2.05) is 45.9 Å². The molecule has 92 valence electrons. The van der Waals surface area contributed by atoms with Gasteiger partial charge in [0.15, 0.2) is 5.60 Å². The smallest absolute Gasteiger partial charge is 0.262 e. The molecule has 3 nitrogen and oxygen atoms in total. The van der Waals surface area contributed by atoms with Crippen LogP contribution in [-0.4, -0.2) is 27.5 Å². The van der Waals surface area contributed by atoms with Crippen LogP contribution < -0.4 is 0 Å². The molecule has 1 amide bonds. The number of β-lactam (4-membered cyclic amide) rings is 1. The van der Waals surface area contributed by atoms with E-state index in [4.69, 9.17) is 0 Å². The predicted molar refractivity (Wildman–Crippen MR) is 66.4 cm³/mol. The lowest BCUT2D eigenvalue weighted by atomic mass is 9.67. The van der Waals surface area contributed by atoms with Crippen LogP contribution in [0.25, 0.3) is 0 Å². The molecule has 1 aromatic carbocycles. The lowest BCUT2D eigenvalue weighted by Gasteiger charge is -2.61. The zero-order chi connectivity index (χ0) is 12.8. The summed E-state index contributed by atoms with van der Waals surface area (Å²) in [7, 11) is 0. The second-order valence-corrected chi connectivity index (χ2v) is 5.40. The van der Waals surface area contributed by atoms with Crippen LogP contribution in [0.2, 0.25) is 0 Å². The first-order valence-corrected chi connectivity index (χ1v) is 5.95. The van der Waals surface area contributed by atoms with Gasteiger partial charge >= 0.3 is 0 Å². The minimum atomic E-state index is -1.39. The van der Waals surface area contributed by atoms with Gasteiger partial charge < -0.3 is 10.0 Å². The number of carbonyl (C=O) groups excluding carboxylic acids is 1. The van der Waals surface area contributed by atoms with E-state index in [2.05, 4.69) is 0 Å². The SMILES string of the molecule is CC(C)N1C(=O)[C@@](O)(c2ccccc2)C1(C)C. The molecule has 0 aliphatic carbocycles. The van der Waals surface area contributed by atoms with Crippen molar-refractivity contribution in [1.29, 1.82) is 0 Å². The molecular weight excluding hydrogens is 214 g/mol. The average molecular weight is 233 g/mol. The second kappa shape index (κ2) is 3.57. The summed E-state index contributed by atoms with van der Waals surface area (Å²) in [6.45, 7) is 7.73. The summed E-state index contributed by atoms with van der Waals surface area (Å²) in [5.74, 6) is -0.205. The molecule has 0 bridgehead atoms. The van der Waals surface area contributed by atoms with Crippen LogP contribution in [0.5, 0.6) is 0 Å². The van der Waals surface area contributed by atoms with Gasteiger partial charge in [0.1, 0.15) is 0 Å². The van der Waals surface area contributed by atoms with Crippen molar-refractivity contribution in [3.63, 3.8) is 0 Å². The maximum atomic E-state index is 12.2. The highest BCUT2D eigenvalue weighted by Crippen LogP contribution is 2.49. The van der Waals surface area contributed by atoms with E-state index >= 15 is 0 Å². The summed E-state index contributed by atoms with van der Waals surface area (Å²) < 4.78 is 0. The van der Waals surface area contributed by atoms with Crippen LogP contribution in [0.4, 0.5) is 0 Å². The largest absolute Gasteiger partial charge is 0.374 e. The lowest BCUT2D eigenvalue weighted by molar-refractivity contribution is -0.221. The Kier molecular flexibility index (Phi) is 2.54. The molecule has 1 fully saturated rings. The Hall–Kier alpha value is -1.35. The summed E-state index contributed by atoms with van der Waals surface area (Å²) in [4.78, 5) is 14.0. The maximum Gasteiger partial charge on any atom is 0.262 e. The molecule has 1 aliphatic rings. The number of amides is 1. The Morgan fingerprint density at radius 2 is 1.71 bits per heavy atom. The number of rotatable bonds is 2. The standard InChI is InChI=1S/C14H19NO2/c1-10(2)15-12(16)14(17,13(15,3)4)11-8-6-5-7-9-11/h5-10,17H,1-4H3/t14-/m0/s1. The third kappa shape index (κ3) is 1.35. The van der Waals surface area contributed by atoms with Crippen molar-refractivity contribution < 1.29 is 9.90 Å². The summed E-state index contributed by atoms with van der Waals surface area (Å²) in [5, 5.41) is 10.7. The fourth-order valence-electron chi connectivity index (χ4n) is 2.85. The molecular formula is C14H19NO2. The topological polar surface area (TPSA) is 40.5 Å². The number of hydrogen-bond acceptors (Lipinski definition) is 2. The lowest BCUT2D eigenvalue weighted by Crippen LogP contribution is -2.79. The zero-order valence-electron chi connectivity index (χ0n) is 10.8. The van der Waals surface area contributed by atoms with Crippen LogP contribution in [0, 0.1) is 0 Å². The van der Waals surface area contributed by atoms with Gasteiger partial charge in [-0.15, -0.1) is 0 Å². The van der Waals surface area contributed by atoms with Crippen molar-refractivity contribution in [3.05, 3.63) is 35.9 Å². The maximum absolute atomic E-state index is 12.2. The molecule has 17 heavy (non-hydrogen) atoms. The Labute approximate surface area is 102 Å². The van der Waals surface area contributed by atoms with Crippen LogP contribution in [-0.2, 0) is 10.4 Å². The molecule has 2 rings (SSSR count). The van der Waals surface area contributed by atoms with Gasteiger partial charge in [-0.2, -0.15) is 0 Å². The average Bonchev–Trinajstić information content (AvgIpc) is 2.28. The molecule has 0 radical (unpaired) electrons. The van der Waals surface area contributed by atoms with Crippen LogP contribution in [0.15, 0.2) is 30.3 Å². The van der Waals surface area contributed by atoms with E-state index in [-0.39, 0.29) is 11.9 Å². The number of likely N-dealkylation sites (tertiary alicyclic amines) is 1. The van der Waals surface area contributed by atoms with Gasteiger partial charge in [-0.3, -0.25) is 4.79 Å². The molecule has 0 aromatic heterocycles. The Morgan fingerprint density at radius 3 is 2.12 bits per heavy atom. The van der Waals surface area contributed by atoms with E-state index in [0.29, 0.717) is 5.56 Å². The highest BCUT2D eigenvalue weighted by atomic mass is 16.3. The number of aliphatic hydroxyl groups is 1. The molecule has 1 N–H and O–H groups in total. The van der Waals surface area contributed by atoms with Crippen LogP contribution >= 0.6 is 0 Å². The summed E-state index contributed by atoms with van der Waals surface area (Å²) >= 11 is 0. The minimum Gasteiger partial charge on any atom is -0.374 e. The molecule has 1 heterocycles. The first kappa shape index (κ1) is 12.1. The van der Waals surface area contributed by atoms with Crippen molar-refractivity contribution >= 4 is 5.91 Å². The summed E-state index contributed by atoms with van der Waals surface area (Å²) in [6.07, 6.45) is 0. The van der Waals surface area contributed by atoms with Gasteiger partial charge in [-0.25, -0.2) is 0 Å². The van der Waals surface area contributed by atoms with Gasteiger partial charge in [-0.1, -0.05) is 30.3 Å². The van der Waals surface area contributed by atoms with Crippen molar-refractivity contribution in [2.45, 2.75) is 44.9 Å². The molecule has 0 saturated carbocycles. The zero-order valence-corrected chi connectivity index (χ0v) is 10.8. The van der Waals surface area contributed by atoms with E-state index < -0.39 is 11.1 Å². The van der Waals surface area contributed by atoms with E-state index in [1.54, 1.807) is 17.0 Å². The number of benzene rings is 1. The van der Waals surface area contributed by atoms with E-state index in [9.17, 15) is 9.90 Å². The quantitative estimate of drug-likeness (QED) is 0.793. The van der Waals surface area contributed by atoms with Gasteiger partial charge in [0.05, 0.1) is 5.54 Å². The number of hydrogen-bond donors (Lipinski definition) is 1. The molecule has 0 unspecified atom stereocenters. The van der Waals surface area contributed by atoms with E-state index in [1.165, 1.54) is 0 Å². The Balaban J connectivity index is 2.45. The molecule has 3 heteroatoms. The Bertz CT molecular complexity index is 439. The highest BCUT2D eigenvalue weighted by Gasteiger charge is 2.67. The van der Waals surface area contributed by atoms with Crippen LogP contribution in [0.3, 0.4) is 0 Å². The molecule has 1 atom stereocenters. The molecule has 1 aliphatic heterocycles. The molecule has 1 saturated heterocycles. The molecule has 0 spiro atoms. The number of nitrogens with zero attached hydrogens (tertiary/aromatic N) is 1. The highest BCUT2D eigenvalue weighted by molar-refractivity contribution is 5.95. The fraction of sp³-hybridized carbons (Fsp3) is 0.500. The number of carbonyl (C=O) groups is 1. The van der Waals surface area contributed by atoms with Crippen molar-refractivity contribution in [3.8, 4) is 0 Å². The van der Waals surface area contributed by atoms with Gasteiger partial charge in [-0.05, 0) is 33.3 Å². The van der Waals surface area contributed by atoms with Gasteiger partial charge in [0, 0.05) is 6.04 Å².